The predicted molar refractivity (Wildman–Crippen MR) is 123 cm³/mol. The number of hydrogen-bond donors (Lipinski definition) is 2. The van der Waals surface area contributed by atoms with Crippen molar-refractivity contribution < 1.29 is 24.5 Å². The van der Waals surface area contributed by atoms with Crippen LogP contribution < -0.4 is 4.74 Å². The maximum atomic E-state index is 13.2. The van der Waals surface area contributed by atoms with E-state index in [2.05, 4.69) is 20.9 Å². The van der Waals surface area contributed by atoms with Gasteiger partial charge in [-0.15, -0.1) is 0 Å². The van der Waals surface area contributed by atoms with Crippen LogP contribution in [-0.4, -0.2) is 75.8 Å². The third kappa shape index (κ3) is 5.46. The van der Waals surface area contributed by atoms with Gasteiger partial charge in [-0.3, -0.25) is 9.69 Å². The minimum atomic E-state index is -0.958. The van der Waals surface area contributed by atoms with Crippen molar-refractivity contribution in [1.29, 1.82) is 0 Å². The Kier molecular flexibility index (Phi) is 7.86. The highest BCUT2D eigenvalue weighted by atomic mass is 79.9. The van der Waals surface area contributed by atoms with Gasteiger partial charge >= 0.3 is 5.97 Å². The normalized spacial score (nSPS) is 19.7. The molecule has 1 aliphatic rings. The monoisotopic (exact) mass is 505 g/mol. The van der Waals surface area contributed by atoms with E-state index in [0.717, 1.165) is 0 Å². The number of hydrogen-bond acceptors (Lipinski definition) is 6. The summed E-state index contributed by atoms with van der Waals surface area (Å²) in [6.45, 7) is 5.01. The third-order valence-electron chi connectivity index (χ3n) is 5.67. The Bertz CT molecular complexity index is 986. The molecule has 172 valence electrons. The minimum Gasteiger partial charge on any atom is -0.478 e. The Morgan fingerprint density at radius 2 is 2.12 bits per heavy atom. The fraction of sp³-hybridized carbons (Fsp3) is 0.435. The number of carbonyl (C=O) groups excluding carboxylic acids is 1. The van der Waals surface area contributed by atoms with Crippen LogP contribution in [0.2, 0.25) is 0 Å². The number of rotatable bonds is 7. The van der Waals surface area contributed by atoms with E-state index in [1.165, 1.54) is 0 Å². The first-order chi connectivity index (χ1) is 15.2. The second-order valence-corrected chi connectivity index (χ2v) is 9.20. The minimum absolute atomic E-state index is 0.0521. The standard InChI is InChI=1S/C23H28BrN3O5/c1-14-10-27(15(2)13-28)22(29)19-8-17(24)9-25-21(19)32-20(14)12-26(3)11-16-6-4-5-7-18(16)23(30)31/h4-9,14-15,20,28H,10-13H2,1-3H3,(H,30,31)/t14-,15+,20+/m1/s1. The van der Waals surface area contributed by atoms with Gasteiger partial charge in [0.25, 0.3) is 5.91 Å². The number of fused-ring (bicyclic) bond motifs is 1. The maximum Gasteiger partial charge on any atom is 0.336 e. The number of benzene rings is 1. The zero-order chi connectivity index (χ0) is 23.4. The first-order valence-electron chi connectivity index (χ1n) is 10.4. The van der Waals surface area contributed by atoms with Crippen molar-refractivity contribution in [3.8, 4) is 5.88 Å². The highest BCUT2D eigenvalue weighted by Gasteiger charge is 2.34. The summed E-state index contributed by atoms with van der Waals surface area (Å²) in [7, 11) is 1.91. The second-order valence-electron chi connectivity index (χ2n) is 8.29. The molecule has 1 aliphatic heterocycles. The third-order valence-corrected chi connectivity index (χ3v) is 6.10. The van der Waals surface area contributed by atoms with Crippen LogP contribution in [0, 0.1) is 5.92 Å². The summed E-state index contributed by atoms with van der Waals surface area (Å²) in [6.07, 6.45) is 1.29. The molecule has 0 spiro atoms. The lowest BCUT2D eigenvalue weighted by atomic mass is 10.00. The smallest absolute Gasteiger partial charge is 0.336 e. The van der Waals surface area contributed by atoms with E-state index >= 15 is 0 Å². The maximum absolute atomic E-state index is 13.2. The summed E-state index contributed by atoms with van der Waals surface area (Å²) >= 11 is 3.37. The fourth-order valence-electron chi connectivity index (χ4n) is 3.82. The Labute approximate surface area is 195 Å². The fourth-order valence-corrected chi connectivity index (χ4v) is 4.16. The molecule has 9 heteroatoms. The lowest BCUT2D eigenvalue weighted by Gasteiger charge is -2.37. The van der Waals surface area contributed by atoms with E-state index in [0.29, 0.717) is 35.2 Å². The number of carbonyl (C=O) groups is 2. The van der Waals surface area contributed by atoms with E-state index < -0.39 is 5.97 Å². The van der Waals surface area contributed by atoms with Gasteiger partial charge in [0, 0.05) is 36.2 Å². The molecule has 1 aromatic carbocycles. The van der Waals surface area contributed by atoms with E-state index in [9.17, 15) is 19.8 Å². The van der Waals surface area contributed by atoms with Gasteiger partial charge in [0.2, 0.25) is 5.88 Å². The zero-order valence-electron chi connectivity index (χ0n) is 18.4. The molecular formula is C23H28BrN3O5. The number of carboxylic acid groups (broad SMARTS) is 1. The first kappa shape index (κ1) is 24.2. The highest BCUT2D eigenvalue weighted by Crippen LogP contribution is 2.28. The molecule has 2 aromatic rings. The number of pyridine rings is 1. The molecule has 0 unspecified atom stereocenters. The number of aliphatic hydroxyl groups excluding tert-OH is 1. The largest absolute Gasteiger partial charge is 0.478 e. The van der Waals surface area contributed by atoms with Crippen molar-refractivity contribution in [3.05, 3.63) is 57.7 Å². The molecule has 1 amide bonds. The van der Waals surface area contributed by atoms with Crippen molar-refractivity contribution >= 4 is 27.8 Å². The van der Waals surface area contributed by atoms with Crippen molar-refractivity contribution in [1.82, 2.24) is 14.8 Å². The molecular weight excluding hydrogens is 478 g/mol. The van der Waals surface area contributed by atoms with Gasteiger partial charge in [0.15, 0.2) is 0 Å². The van der Waals surface area contributed by atoms with Crippen LogP contribution in [-0.2, 0) is 6.54 Å². The number of likely N-dealkylation sites (N-methyl/N-ethyl adjacent to an activating group) is 1. The number of aromatic nitrogens is 1. The van der Waals surface area contributed by atoms with Gasteiger partial charge in [-0.05, 0) is 47.6 Å². The van der Waals surface area contributed by atoms with Crippen LogP contribution in [0.3, 0.4) is 0 Å². The van der Waals surface area contributed by atoms with Gasteiger partial charge in [0.1, 0.15) is 11.7 Å². The van der Waals surface area contributed by atoms with E-state index in [1.54, 1.807) is 35.4 Å². The molecule has 0 saturated heterocycles. The van der Waals surface area contributed by atoms with Gasteiger partial charge in [-0.2, -0.15) is 0 Å². The molecule has 0 bridgehead atoms. The van der Waals surface area contributed by atoms with Gasteiger partial charge in [-0.25, -0.2) is 9.78 Å². The molecule has 0 saturated carbocycles. The average molecular weight is 506 g/mol. The van der Waals surface area contributed by atoms with Gasteiger partial charge in [0.05, 0.1) is 18.2 Å². The number of halogens is 1. The Morgan fingerprint density at radius 3 is 2.81 bits per heavy atom. The van der Waals surface area contributed by atoms with Gasteiger partial charge in [-0.1, -0.05) is 25.1 Å². The summed E-state index contributed by atoms with van der Waals surface area (Å²) < 4.78 is 6.89. The lowest BCUT2D eigenvalue weighted by molar-refractivity contribution is 0.0325. The summed E-state index contributed by atoms with van der Waals surface area (Å²) in [5.41, 5.74) is 1.33. The van der Waals surface area contributed by atoms with Crippen LogP contribution in [0.15, 0.2) is 41.0 Å². The number of carboxylic acids is 1. The summed E-state index contributed by atoms with van der Waals surface area (Å²) in [4.78, 5) is 32.7. The Hall–Kier alpha value is -2.49. The van der Waals surface area contributed by atoms with Crippen LogP contribution in [0.4, 0.5) is 0 Å². The van der Waals surface area contributed by atoms with E-state index in [-0.39, 0.29) is 42.0 Å². The van der Waals surface area contributed by atoms with Crippen LogP contribution in [0.5, 0.6) is 5.88 Å². The van der Waals surface area contributed by atoms with Crippen molar-refractivity contribution in [2.24, 2.45) is 5.92 Å². The Morgan fingerprint density at radius 1 is 1.41 bits per heavy atom. The van der Waals surface area contributed by atoms with Gasteiger partial charge < -0.3 is 19.8 Å². The molecule has 2 heterocycles. The quantitative estimate of drug-likeness (QED) is 0.596. The predicted octanol–water partition coefficient (Wildman–Crippen LogP) is 2.89. The van der Waals surface area contributed by atoms with E-state index in [4.69, 9.17) is 4.74 Å². The molecule has 8 nitrogen and oxygen atoms in total. The Balaban J connectivity index is 1.86. The summed E-state index contributed by atoms with van der Waals surface area (Å²) in [5, 5.41) is 19.2. The molecule has 2 N–H and O–H groups in total. The molecule has 0 aliphatic carbocycles. The first-order valence-corrected chi connectivity index (χ1v) is 11.2. The molecule has 0 radical (unpaired) electrons. The van der Waals surface area contributed by atoms with Crippen molar-refractivity contribution in [2.45, 2.75) is 32.5 Å². The lowest BCUT2D eigenvalue weighted by Crippen LogP contribution is -2.49. The van der Waals surface area contributed by atoms with Crippen LogP contribution in [0.25, 0.3) is 0 Å². The topological polar surface area (TPSA) is 103 Å². The van der Waals surface area contributed by atoms with Crippen molar-refractivity contribution in [3.63, 3.8) is 0 Å². The zero-order valence-corrected chi connectivity index (χ0v) is 19.9. The molecule has 3 atom stereocenters. The SMILES string of the molecule is C[C@@H]1CN([C@@H](C)CO)C(=O)c2cc(Br)cnc2O[C@H]1CN(C)Cc1ccccc1C(=O)O. The number of nitrogens with zero attached hydrogens (tertiary/aromatic N) is 3. The number of ether oxygens (including phenoxy) is 1. The van der Waals surface area contributed by atoms with E-state index in [1.807, 2.05) is 31.9 Å². The molecule has 3 rings (SSSR count). The van der Waals surface area contributed by atoms with Crippen molar-refractivity contribution in [2.75, 3.05) is 26.7 Å². The summed E-state index contributed by atoms with van der Waals surface area (Å²) in [5.74, 6) is -0.988. The number of amides is 1. The van der Waals surface area contributed by atoms with Crippen LogP contribution >= 0.6 is 15.9 Å². The van der Waals surface area contributed by atoms with Crippen LogP contribution in [0.1, 0.15) is 40.1 Å². The highest BCUT2D eigenvalue weighted by molar-refractivity contribution is 9.10. The number of aliphatic hydroxyl groups is 1. The summed E-state index contributed by atoms with van der Waals surface area (Å²) in [6, 6.07) is 8.26. The molecule has 32 heavy (non-hydrogen) atoms. The average Bonchev–Trinajstić information content (AvgIpc) is 2.76. The second kappa shape index (κ2) is 10.4. The number of aromatic carboxylic acids is 1. The molecule has 0 fully saturated rings. The molecule has 1 aromatic heterocycles.